The van der Waals surface area contributed by atoms with Gasteiger partial charge >= 0.3 is 0 Å². The van der Waals surface area contributed by atoms with E-state index in [2.05, 4.69) is 41.4 Å². The molecule has 1 aromatic rings. The number of hydrogen-bond acceptors (Lipinski definition) is 2. The van der Waals surface area contributed by atoms with Crippen molar-refractivity contribution in [1.29, 1.82) is 0 Å². The molecule has 0 fully saturated rings. The highest BCUT2D eigenvalue weighted by molar-refractivity contribution is 14.1. The van der Waals surface area contributed by atoms with Gasteiger partial charge in [0.2, 0.25) is 0 Å². The number of nitrogens with one attached hydrogen (secondary N) is 1. The molecule has 0 radical (unpaired) electrons. The molecule has 3 heteroatoms. The van der Waals surface area contributed by atoms with Crippen LogP contribution in [0.15, 0.2) is 29.2 Å². The van der Waals surface area contributed by atoms with Crippen LogP contribution in [0.25, 0.3) is 0 Å². The average molecular weight is 291 g/mol. The van der Waals surface area contributed by atoms with E-state index in [-0.39, 0.29) is 0 Å². The predicted octanol–water partition coefficient (Wildman–Crippen LogP) is 2.94. The minimum Gasteiger partial charge on any atom is -0.454 e. The highest BCUT2D eigenvalue weighted by atomic mass is 127. The fraction of sp³-hybridized carbons (Fsp3) is 0.400. The van der Waals surface area contributed by atoms with Crippen molar-refractivity contribution in [2.45, 2.75) is 25.9 Å². The molecule has 1 atom stereocenters. The number of furan rings is 1. The van der Waals surface area contributed by atoms with Gasteiger partial charge in [-0.2, -0.15) is 0 Å². The molecule has 0 aliphatic carbocycles. The van der Waals surface area contributed by atoms with Crippen molar-refractivity contribution in [2.75, 3.05) is 0 Å². The summed E-state index contributed by atoms with van der Waals surface area (Å²) in [4.78, 5) is 0. The van der Waals surface area contributed by atoms with Gasteiger partial charge in [-0.25, -0.2) is 0 Å². The van der Waals surface area contributed by atoms with Crippen molar-refractivity contribution >= 4 is 22.6 Å². The van der Waals surface area contributed by atoms with E-state index in [9.17, 15) is 0 Å². The molecule has 0 aromatic carbocycles. The smallest absolute Gasteiger partial charge is 0.164 e. The normalized spacial score (nSPS) is 12.8. The third kappa shape index (κ3) is 3.95. The molecule has 2 nitrogen and oxygen atoms in total. The Balaban J connectivity index is 2.30. The first-order chi connectivity index (χ1) is 6.22. The van der Waals surface area contributed by atoms with E-state index in [1.807, 2.05) is 18.2 Å². The maximum absolute atomic E-state index is 5.41. The van der Waals surface area contributed by atoms with Gasteiger partial charge in [0.15, 0.2) is 3.77 Å². The molecule has 72 valence electrons. The second-order valence-electron chi connectivity index (χ2n) is 3.01. The summed E-state index contributed by atoms with van der Waals surface area (Å²) >= 11 is 2.16. The van der Waals surface area contributed by atoms with Crippen LogP contribution in [-0.2, 0) is 6.54 Å². The lowest BCUT2D eigenvalue weighted by Gasteiger charge is -2.09. The molecule has 0 saturated carbocycles. The molecular weight excluding hydrogens is 277 g/mol. The van der Waals surface area contributed by atoms with E-state index >= 15 is 0 Å². The fourth-order valence-electron chi connectivity index (χ4n) is 1.05. The largest absolute Gasteiger partial charge is 0.454 e. The highest BCUT2D eigenvalue weighted by Crippen LogP contribution is 2.09. The molecule has 13 heavy (non-hydrogen) atoms. The summed E-state index contributed by atoms with van der Waals surface area (Å²) in [5.41, 5.74) is 0. The molecule has 0 aliphatic heterocycles. The van der Waals surface area contributed by atoms with E-state index in [0.717, 1.165) is 22.5 Å². The first kappa shape index (κ1) is 10.8. The van der Waals surface area contributed by atoms with Gasteiger partial charge in [-0.3, -0.25) is 0 Å². The molecule has 1 unspecified atom stereocenters. The summed E-state index contributed by atoms with van der Waals surface area (Å²) in [7, 11) is 0. The first-order valence-corrected chi connectivity index (χ1v) is 5.38. The number of rotatable bonds is 5. The standard InChI is InChI=1S/C10H14INO/c1-3-4-8(2)12-7-9-5-6-10(11)13-9/h3,5-6,8,12H,1,4,7H2,2H3. The Morgan fingerprint density at radius 1 is 1.69 bits per heavy atom. The second kappa shape index (κ2) is 5.44. The first-order valence-electron chi connectivity index (χ1n) is 4.31. The Hall–Kier alpha value is -0.290. The minimum absolute atomic E-state index is 0.459. The van der Waals surface area contributed by atoms with Crippen LogP contribution >= 0.6 is 22.6 Å². The van der Waals surface area contributed by atoms with E-state index in [0.29, 0.717) is 6.04 Å². The summed E-state index contributed by atoms with van der Waals surface area (Å²) in [6, 6.07) is 4.42. The molecule has 1 N–H and O–H groups in total. The minimum atomic E-state index is 0.459. The van der Waals surface area contributed by atoms with Crippen LogP contribution in [0.4, 0.5) is 0 Å². The molecule has 0 aliphatic rings. The van der Waals surface area contributed by atoms with E-state index in [4.69, 9.17) is 4.42 Å². The zero-order chi connectivity index (χ0) is 9.68. The summed E-state index contributed by atoms with van der Waals surface area (Å²) in [5, 5.41) is 3.34. The SMILES string of the molecule is C=CCC(C)NCc1ccc(I)o1. The van der Waals surface area contributed by atoms with Crippen LogP contribution in [0.2, 0.25) is 0 Å². The topological polar surface area (TPSA) is 25.2 Å². The van der Waals surface area contributed by atoms with Gasteiger partial charge in [-0.1, -0.05) is 6.08 Å². The maximum Gasteiger partial charge on any atom is 0.164 e. The third-order valence-corrected chi connectivity index (χ3v) is 2.35. The van der Waals surface area contributed by atoms with Crippen LogP contribution in [0.5, 0.6) is 0 Å². The number of hydrogen-bond donors (Lipinski definition) is 1. The van der Waals surface area contributed by atoms with Gasteiger partial charge in [0.05, 0.1) is 6.54 Å². The van der Waals surface area contributed by atoms with Gasteiger partial charge in [0, 0.05) is 6.04 Å². The maximum atomic E-state index is 5.41. The van der Waals surface area contributed by atoms with E-state index in [1.54, 1.807) is 0 Å². The van der Waals surface area contributed by atoms with Crippen molar-refractivity contribution in [2.24, 2.45) is 0 Å². The zero-order valence-electron chi connectivity index (χ0n) is 7.72. The van der Waals surface area contributed by atoms with Crippen LogP contribution in [-0.4, -0.2) is 6.04 Å². The highest BCUT2D eigenvalue weighted by Gasteiger charge is 2.01. The quantitative estimate of drug-likeness (QED) is 0.666. The van der Waals surface area contributed by atoms with Crippen molar-refractivity contribution < 1.29 is 4.42 Å². The van der Waals surface area contributed by atoms with Gasteiger partial charge in [0.25, 0.3) is 0 Å². The molecule has 0 bridgehead atoms. The Morgan fingerprint density at radius 3 is 3.00 bits per heavy atom. The van der Waals surface area contributed by atoms with Crippen LogP contribution < -0.4 is 5.32 Å². The Kier molecular flexibility index (Phi) is 4.52. The van der Waals surface area contributed by atoms with Crippen molar-refractivity contribution in [1.82, 2.24) is 5.32 Å². The molecule has 0 saturated heterocycles. The van der Waals surface area contributed by atoms with Gasteiger partial charge in [0.1, 0.15) is 5.76 Å². The summed E-state index contributed by atoms with van der Waals surface area (Å²) in [6.45, 7) is 6.62. The van der Waals surface area contributed by atoms with Crippen molar-refractivity contribution in [3.63, 3.8) is 0 Å². The predicted molar refractivity (Wildman–Crippen MR) is 62.5 cm³/mol. The Labute approximate surface area is 92.5 Å². The zero-order valence-corrected chi connectivity index (χ0v) is 9.87. The molecule has 1 heterocycles. The molecular formula is C10H14INO. The summed E-state index contributed by atoms with van der Waals surface area (Å²) < 4.78 is 6.35. The van der Waals surface area contributed by atoms with Crippen LogP contribution in [0.3, 0.4) is 0 Å². The average Bonchev–Trinajstić information content (AvgIpc) is 2.49. The molecule has 0 amide bonds. The lowest BCUT2D eigenvalue weighted by molar-refractivity contribution is 0.441. The van der Waals surface area contributed by atoms with E-state index < -0.39 is 0 Å². The molecule has 1 rings (SSSR count). The van der Waals surface area contributed by atoms with Gasteiger partial charge < -0.3 is 9.73 Å². The van der Waals surface area contributed by atoms with Crippen LogP contribution in [0.1, 0.15) is 19.1 Å². The van der Waals surface area contributed by atoms with Gasteiger partial charge in [-0.15, -0.1) is 6.58 Å². The monoisotopic (exact) mass is 291 g/mol. The summed E-state index contributed by atoms with van der Waals surface area (Å²) in [6.07, 6.45) is 2.90. The Morgan fingerprint density at radius 2 is 2.46 bits per heavy atom. The fourth-order valence-corrected chi connectivity index (χ4v) is 1.52. The summed E-state index contributed by atoms with van der Waals surface area (Å²) in [5.74, 6) is 0.986. The lowest BCUT2D eigenvalue weighted by atomic mass is 10.2. The third-order valence-electron chi connectivity index (χ3n) is 1.77. The second-order valence-corrected chi connectivity index (χ2v) is 4.08. The molecule has 0 spiro atoms. The van der Waals surface area contributed by atoms with Crippen molar-refractivity contribution in [3.8, 4) is 0 Å². The van der Waals surface area contributed by atoms with E-state index in [1.165, 1.54) is 0 Å². The van der Waals surface area contributed by atoms with Crippen LogP contribution in [0, 0.1) is 3.77 Å². The number of halogens is 1. The van der Waals surface area contributed by atoms with Crippen molar-refractivity contribution in [3.05, 3.63) is 34.3 Å². The lowest BCUT2D eigenvalue weighted by Crippen LogP contribution is -2.24. The Bertz CT molecular complexity index is 270. The molecule has 1 aromatic heterocycles. The van der Waals surface area contributed by atoms with Gasteiger partial charge in [-0.05, 0) is 48.1 Å².